The van der Waals surface area contributed by atoms with Gasteiger partial charge in [0.1, 0.15) is 0 Å². The van der Waals surface area contributed by atoms with Crippen molar-refractivity contribution in [2.75, 3.05) is 26.3 Å². The SMILES string of the molecule is Cl.O=C(NC1CCOCC1)c1ccc(C2CCCNC2)cc1. The molecule has 0 bridgehead atoms. The summed E-state index contributed by atoms with van der Waals surface area (Å²) in [4.78, 5) is 12.2. The maximum atomic E-state index is 12.2. The summed E-state index contributed by atoms with van der Waals surface area (Å²) in [6.07, 6.45) is 4.30. The molecule has 2 aliphatic rings. The molecule has 0 aliphatic carbocycles. The van der Waals surface area contributed by atoms with Crippen LogP contribution < -0.4 is 10.6 Å². The number of ether oxygens (including phenoxy) is 1. The zero-order valence-corrected chi connectivity index (χ0v) is 13.7. The minimum absolute atomic E-state index is 0. The van der Waals surface area contributed by atoms with Crippen molar-refractivity contribution in [1.29, 1.82) is 0 Å². The summed E-state index contributed by atoms with van der Waals surface area (Å²) < 4.78 is 5.31. The molecular formula is C17H25ClN2O2. The van der Waals surface area contributed by atoms with E-state index in [0.29, 0.717) is 5.92 Å². The van der Waals surface area contributed by atoms with Crippen LogP contribution in [0.3, 0.4) is 0 Å². The average molecular weight is 325 g/mol. The molecule has 2 saturated heterocycles. The van der Waals surface area contributed by atoms with E-state index >= 15 is 0 Å². The molecule has 0 radical (unpaired) electrons. The topological polar surface area (TPSA) is 50.4 Å². The van der Waals surface area contributed by atoms with Crippen molar-refractivity contribution in [3.63, 3.8) is 0 Å². The van der Waals surface area contributed by atoms with Gasteiger partial charge in [0.25, 0.3) is 5.91 Å². The molecule has 4 nitrogen and oxygen atoms in total. The van der Waals surface area contributed by atoms with Crippen molar-refractivity contribution >= 4 is 18.3 Å². The number of carbonyl (C=O) groups excluding carboxylic acids is 1. The van der Waals surface area contributed by atoms with Crippen molar-refractivity contribution in [2.24, 2.45) is 0 Å². The Morgan fingerprint density at radius 3 is 2.50 bits per heavy atom. The number of hydrogen-bond donors (Lipinski definition) is 2. The summed E-state index contributed by atoms with van der Waals surface area (Å²) in [6, 6.07) is 8.39. The highest BCUT2D eigenvalue weighted by atomic mass is 35.5. The molecule has 0 spiro atoms. The molecule has 1 unspecified atom stereocenters. The van der Waals surface area contributed by atoms with Crippen LogP contribution in [-0.2, 0) is 4.74 Å². The Kier molecular flexibility index (Phi) is 6.68. The smallest absolute Gasteiger partial charge is 0.251 e. The van der Waals surface area contributed by atoms with Crippen LogP contribution in [0, 0.1) is 0 Å². The molecule has 122 valence electrons. The van der Waals surface area contributed by atoms with E-state index in [1.165, 1.54) is 18.4 Å². The molecule has 1 aromatic rings. The monoisotopic (exact) mass is 324 g/mol. The van der Waals surface area contributed by atoms with Gasteiger partial charge in [-0.25, -0.2) is 0 Å². The van der Waals surface area contributed by atoms with Crippen LogP contribution in [0.15, 0.2) is 24.3 Å². The third-order valence-electron chi connectivity index (χ3n) is 4.50. The first-order valence-electron chi connectivity index (χ1n) is 8.02. The van der Waals surface area contributed by atoms with E-state index in [0.717, 1.165) is 44.7 Å². The third kappa shape index (κ3) is 4.45. The van der Waals surface area contributed by atoms with Gasteiger partial charge in [0, 0.05) is 31.4 Å². The average Bonchev–Trinajstić information content (AvgIpc) is 2.57. The predicted octanol–water partition coefficient (Wildman–Crippen LogP) is 2.48. The molecule has 0 aromatic heterocycles. The van der Waals surface area contributed by atoms with Crippen LogP contribution in [-0.4, -0.2) is 38.3 Å². The van der Waals surface area contributed by atoms with Crippen molar-refractivity contribution in [1.82, 2.24) is 10.6 Å². The van der Waals surface area contributed by atoms with Gasteiger partial charge in [0.05, 0.1) is 0 Å². The van der Waals surface area contributed by atoms with E-state index in [1.807, 2.05) is 12.1 Å². The zero-order chi connectivity index (χ0) is 14.5. The zero-order valence-electron chi connectivity index (χ0n) is 12.8. The second-order valence-corrected chi connectivity index (χ2v) is 6.03. The number of rotatable bonds is 3. The summed E-state index contributed by atoms with van der Waals surface area (Å²) >= 11 is 0. The van der Waals surface area contributed by atoms with E-state index in [2.05, 4.69) is 22.8 Å². The molecule has 2 heterocycles. The van der Waals surface area contributed by atoms with Crippen LogP contribution in [0.25, 0.3) is 0 Å². The standard InChI is InChI=1S/C17H24N2O2.ClH/c20-17(19-16-7-10-21-11-8-16)14-5-3-13(4-6-14)15-2-1-9-18-12-15;/h3-6,15-16,18H,1-2,7-12H2,(H,19,20);1H. The first kappa shape index (κ1) is 17.3. The molecule has 2 aliphatic heterocycles. The number of benzene rings is 1. The number of amides is 1. The summed E-state index contributed by atoms with van der Waals surface area (Å²) in [7, 11) is 0. The lowest BCUT2D eigenvalue weighted by Crippen LogP contribution is -2.38. The van der Waals surface area contributed by atoms with Crippen molar-refractivity contribution < 1.29 is 9.53 Å². The van der Waals surface area contributed by atoms with Gasteiger partial charge in [0.2, 0.25) is 0 Å². The van der Waals surface area contributed by atoms with Gasteiger partial charge in [-0.15, -0.1) is 12.4 Å². The molecular weight excluding hydrogens is 300 g/mol. The lowest BCUT2D eigenvalue weighted by atomic mass is 9.91. The fourth-order valence-electron chi connectivity index (χ4n) is 3.15. The lowest BCUT2D eigenvalue weighted by molar-refractivity contribution is 0.0696. The first-order chi connectivity index (χ1) is 10.3. The molecule has 1 amide bonds. The van der Waals surface area contributed by atoms with Gasteiger partial charge in [-0.2, -0.15) is 0 Å². The normalized spacial score (nSPS) is 22.6. The molecule has 1 aromatic carbocycles. The Morgan fingerprint density at radius 1 is 1.14 bits per heavy atom. The first-order valence-corrected chi connectivity index (χ1v) is 8.02. The summed E-state index contributed by atoms with van der Waals surface area (Å²) in [5.74, 6) is 0.626. The van der Waals surface area contributed by atoms with Gasteiger partial charge in [-0.1, -0.05) is 12.1 Å². The van der Waals surface area contributed by atoms with Gasteiger partial charge >= 0.3 is 0 Å². The Hall–Kier alpha value is -1.10. The van der Waals surface area contributed by atoms with Gasteiger partial charge < -0.3 is 15.4 Å². The Morgan fingerprint density at radius 2 is 1.86 bits per heavy atom. The highest BCUT2D eigenvalue weighted by molar-refractivity contribution is 5.94. The van der Waals surface area contributed by atoms with E-state index in [9.17, 15) is 4.79 Å². The second-order valence-electron chi connectivity index (χ2n) is 6.03. The minimum atomic E-state index is 0. The molecule has 2 fully saturated rings. The predicted molar refractivity (Wildman–Crippen MR) is 89.8 cm³/mol. The fourth-order valence-corrected chi connectivity index (χ4v) is 3.15. The highest BCUT2D eigenvalue weighted by Crippen LogP contribution is 2.23. The van der Waals surface area contributed by atoms with Crippen LogP contribution in [0.2, 0.25) is 0 Å². The summed E-state index contributed by atoms with van der Waals surface area (Å²) in [5.41, 5.74) is 2.10. The number of carbonyl (C=O) groups is 1. The van der Waals surface area contributed by atoms with Crippen LogP contribution in [0.4, 0.5) is 0 Å². The van der Waals surface area contributed by atoms with E-state index in [-0.39, 0.29) is 24.4 Å². The molecule has 3 rings (SSSR count). The summed E-state index contributed by atoms with van der Waals surface area (Å²) in [6.45, 7) is 3.67. The molecule has 5 heteroatoms. The van der Waals surface area contributed by atoms with Gasteiger partial charge in [0.15, 0.2) is 0 Å². The Bertz CT molecular complexity index is 466. The molecule has 22 heavy (non-hydrogen) atoms. The molecule has 2 N–H and O–H groups in total. The third-order valence-corrected chi connectivity index (χ3v) is 4.50. The van der Waals surface area contributed by atoms with Crippen molar-refractivity contribution in [3.8, 4) is 0 Å². The second kappa shape index (κ2) is 8.51. The van der Waals surface area contributed by atoms with E-state index < -0.39 is 0 Å². The van der Waals surface area contributed by atoms with E-state index in [1.54, 1.807) is 0 Å². The fraction of sp³-hybridized carbons (Fsp3) is 0.588. The quantitative estimate of drug-likeness (QED) is 0.898. The van der Waals surface area contributed by atoms with Crippen molar-refractivity contribution in [2.45, 2.75) is 37.6 Å². The molecule has 0 saturated carbocycles. The highest BCUT2D eigenvalue weighted by Gasteiger charge is 2.18. The number of hydrogen-bond acceptors (Lipinski definition) is 3. The number of nitrogens with one attached hydrogen (secondary N) is 2. The van der Waals surface area contributed by atoms with Gasteiger partial charge in [-0.3, -0.25) is 4.79 Å². The maximum Gasteiger partial charge on any atom is 0.251 e. The van der Waals surface area contributed by atoms with E-state index in [4.69, 9.17) is 4.74 Å². The summed E-state index contributed by atoms with van der Waals surface area (Å²) in [5, 5.41) is 6.54. The maximum absolute atomic E-state index is 12.2. The minimum Gasteiger partial charge on any atom is -0.381 e. The number of halogens is 1. The number of piperidine rings is 1. The lowest BCUT2D eigenvalue weighted by Gasteiger charge is -2.24. The Balaban J connectivity index is 0.00000176. The van der Waals surface area contributed by atoms with Crippen LogP contribution in [0.5, 0.6) is 0 Å². The van der Waals surface area contributed by atoms with Crippen LogP contribution in [0.1, 0.15) is 47.5 Å². The molecule has 1 atom stereocenters. The largest absolute Gasteiger partial charge is 0.381 e. The Labute approximate surface area is 138 Å². The van der Waals surface area contributed by atoms with Crippen molar-refractivity contribution in [3.05, 3.63) is 35.4 Å². The van der Waals surface area contributed by atoms with Gasteiger partial charge in [-0.05, 0) is 55.8 Å². The van der Waals surface area contributed by atoms with Crippen LogP contribution >= 0.6 is 12.4 Å².